The Morgan fingerprint density at radius 3 is 1.40 bits per heavy atom. The highest BCUT2D eigenvalue weighted by molar-refractivity contribution is 7.19. The topological polar surface area (TPSA) is 36.9 Å². The smallest absolute Gasteiger partial charge is 0.188 e. The van der Waals surface area contributed by atoms with E-state index in [1.165, 1.54) is 53.4 Å². The Morgan fingerprint density at radius 2 is 0.952 bits per heavy atom. The maximum atomic E-state index is 6.50. The van der Waals surface area contributed by atoms with Gasteiger partial charge in [0.2, 0.25) is 0 Å². The van der Waals surface area contributed by atoms with Crippen molar-refractivity contribution in [1.82, 2.24) is 0 Å². The zero-order chi connectivity index (χ0) is 28.7. The molecule has 0 aliphatic carbocycles. The van der Waals surface area contributed by atoms with E-state index in [1.54, 1.807) is 14.2 Å². The minimum absolute atomic E-state index is 0.178. The van der Waals surface area contributed by atoms with Crippen molar-refractivity contribution in [2.75, 3.05) is 27.8 Å². The van der Waals surface area contributed by atoms with Crippen LogP contribution >= 0.6 is 0 Å². The molecule has 0 spiro atoms. The Balaban J connectivity index is 1.73. The molecule has 1 unspecified atom stereocenters. The fourth-order valence-corrected chi connectivity index (χ4v) is 14.0. The summed E-state index contributed by atoms with van der Waals surface area (Å²) in [6.07, 6.45) is 0.997. The Bertz CT molecular complexity index is 1840. The number of benzene rings is 6. The number of hydrogen-bond acceptors (Lipinski definition) is 4. The lowest BCUT2D eigenvalue weighted by atomic mass is 10.0. The highest BCUT2D eigenvalue weighted by Gasteiger charge is 2.60. The SMILES string of the molecule is CCC1c2ccc3ccccc3c2[Si]1(c1c(OCOC)ccc2ccccc12)c1c(OCOC)ccc2ccccc12. The number of rotatable bonds is 9. The number of hydrogen-bond donors (Lipinski definition) is 0. The third-order valence-electron chi connectivity index (χ3n) is 8.90. The van der Waals surface area contributed by atoms with E-state index in [4.69, 9.17) is 18.9 Å². The maximum absolute atomic E-state index is 6.50. The third-order valence-corrected chi connectivity index (χ3v) is 14.6. The molecule has 5 heteroatoms. The van der Waals surface area contributed by atoms with E-state index in [9.17, 15) is 0 Å². The van der Waals surface area contributed by atoms with Gasteiger partial charge in [0.15, 0.2) is 21.7 Å². The summed E-state index contributed by atoms with van der Waals surface area (Å²) in [4.78, 5) is 0. The maximum Gasteiger partial charge on any atom is 0.188 e. The van der Waals surface area contributed by atoms with Gasteiger partial charge in [-0.15, -0.1) is 0 Å². The van der Waals surface area contributed by atoms with E-state index in [-0.39, 0.29) is 13.6 Å². The first kappa shape index (κ1) is 26.7. The monoisotopic (exact) mass is 570 g/mol. The normalized spacial score (nSPS) is 15.5. The fourth-order valence-electron chi connectivity index (χ4n) is 7.40. The zero-order valence-electron chi connectivity index (χ0n) is 24.2. The highest BCUT2D eigenvalue weighted by Crippen LogP contribution is 2.46. The molecule has 4 nitrogen and oxygen atoms in total. The second-order valence-corrected chi connectivity index (χ2v) is 14.8. The van der Waals surface area contributed by atoms with Crippen molar-refractivity contribution in [2.24, 2.45) is 0 Å². The average molecular weight is 571 g/mol. The molecule has 42 heavy (non-hydrogen) atoms. The average Bonchev–Trinajstić information content (AvgIpc) is 3.03. The Morgan fingerprint density at radius 1 is 0.524 bits per heavy atom. The van der Waals surface area contributed by atoms with Crippen molar-refractivity contribution in [1.29, 1.82) is 0 Å². The second kappa shape index (κ2) is 10.9. The molecule has 1 aliphatic rings. The molecule has 6 aromatic carbocycles. The van der Waals surface area contributed by atoms with Crippen LogP contribution in [0.3, 0.4) is 0 Å². The van der Waals surface area contributed by atoms with E-state index in [1.807, 2.05) is 0 Å². The molecule has 0 bridgehead atoms. The van der Waals surface area contributed by atoms with Crippen LogP contribution in [0.15, 0.2) is 109 Å². The summed E-state index contributed by atoms with van der Waals surface area (Å²) >= 11 is 0. The quantitative estimate of drug-likeness (QED) is 0.145. The number of ether oxygens (including phenoxy) is 4. The first-order chi connectivity index (χ1) is 20.7. The van der Waals surface area contributed by atoms with Gasteiger partial charge >= 0.3 is 0 Å². The van der Waals surface area contributed by atoms with E-state index in [0.717, 1.165) is 17.9 Å². The second-order valence-electron chi connectivity index (χ2n) is 10.9. The van der Waals surface area contributed by atoms with Gasteiger partial charge in [-0.25, -0.2) is 0 Å². The van der Waals surface area contributed by atoms with Crippen molar-refractivity contribution in [3.63, 3.8) is 0 Å². The van der Waals surface area contributed by atoms with E-state index in [0.29, 0.717) is 5.54 Å². The predicted molar refractivity (Wildman–Crippen MR) is 175 cm³/mol. The minimum Gasteiger partial charge on any atom is -0.468 e. The van der Waals surface area contributed by atoms with Gasteiger partial charge in [-0.3, -0.25) is 0 Å². The molecule has 1 aliphatic heterocycles. The Kier molecular flexibility index (Phi) is 6.94. The van der Waals surface area contributed by atoms with E-state index >= 15 is 0 Å². The van der Waals surface area contributed by atoms with Crippen LogP contribution in [0.1, 0.15) is 24.4 Å². The van der Waals surface area contributed by atoms with Crippen LogP contribution in [0.25, 0.3) is 32.3 Å². The van der Waals surface area contributed by atoms with Crippen molar-refractivity contribution in [3.05, 3.63) is 115 Å². The summed E-state index contributed by atoms with van der Waals surface area (Å²) < 4.78 is 23.9. The molecular formula is C37H34O4Si. The summed E-state index contributed by atoms with van der Waals surface area (Å²) in [7, 11) is 0.465. The third kappa shape index (κ3) is 3.88. The van der Waals surface area contributed by atoms with Crippen LogP contribution in [0, 0.1) is 0 Å². The van der Waals surface area contributed by atoms with Gasteiger partial charge in [0.05, 0.1) is 0 Å². The molecule has 0 radical (unpaired) electrons. The molecule has 0 amide bonds. The molecule has 0 N–H and O–H groups in total. The fraction of sp³-hybridized carbons (Fsp3) is 0.189. The van der Waals surface area contributed by atoms with Gasteiger partial charge < -0.3 is 18.9 Å². The molecule has 0 saturated carbocycles. The summed E-state index contributed by atoms with van der Waals surface area (Å²) in [6.45, 7) is 2.68. The Labute approximate surface area is 247 Å². The minimum atomic E-state index is -2.89. The molecule has 6 aromatic rings. The Hall–Kier alpha value is -4.16. The summed E-state index contributed by atoms with van der Waals surface area (Å²) in [5.74, 6) is 1.76. The molecule has 210 valence electrons. The first-order valence-electron chi connectivity index (χ1n) is 14.5. The van der Waals surface area contributed by atoms with Gasteiger partial charge in [0.25, 0.3) is 0 Å². The molecule has 0 saturated heterocycles. The van der Waals surface area contributed by atoms with Gasteiger partial charge in [-0.2, -0.15) is 0 Å². The van der Waals surface area contributed by atoms with Crippen molar-refractivity contribution >= 4 is 56.0 Å². The lowest BCUT2D eigenvalue weighted by Gasteiger charge is -2.52. The van der Waals surface area contributed by atoms with Crippen LogP contribution in [-0.2, 0) is 9.47 Å². The number of fused-ring (bicyclic) bond motifs is 5. The van der Waals surface area contributed by atoms with Crippen molar-refractivity contribution in [3.8, 4) is 11.5 Å². The van der Waals surface area contributed by atoms with Crippen LogP contribution < -0.4 is 25.0 Å². The molecular weight excluding hydrogens is 536 g/mol. The predicted octanol–water partition coefficient (Wildman–Crippen LogP) is 6.63. The van der Waals surface area contributed by atoms with Gasteiger partial charge in [-0.05, 0) is 60.7 Å². The largest absolute Gasteiger partial charge is 0.468 e. The molecule has 7 rings (SSSR count). The van der Waals surface area contributed by atoms with Gasteiger partial charge in [0.1, 0.15) is 11.5 Å². The van der Waals surface area contributed by atoms with Gasteiger partial charge in [0, 0.05) is 24.6 Å². The van der Waals surface area contributed by atoms with Gasteiger partial charge in [-0.1, -0.05) is 110 Å². The van der Waals surface area contributed by atoms with Crippen LogP contribution in [0.2, 0.25) is 0 Å². The molecule has 1 heterocycles. The lowest BCUT2D eigenvalue weighted by molar-refractivity contribution is 0.0518. The van der Waals surface area contributed by atoms with E-state index in [2.05, 4.69) is 116 Å². The molecule has 0 aromatic heterocycles. The number of methoxy groups -OCH3 is 2. The van der Waals surface area contributed by atoms with E-state index < -0.39 is 8.07 Å². The summed E-state index contributed by atoms with van der Waals surface area (Å²) in [6, 6.07) is 39.5. The van der Waals surface area contributed by atoms with Crippen LogP contribution in [0.4, 0.5) is 0 Å². The van der Waals surface area contributed by atoms with Crippen LogP contribution in [-0.4, -0.2) is 35.9 Å². The lowest BCUT2D eigenvalue weighted by Crippen LogP contribution is -2.78. The van der Waals surface area contributed by atoms with Crippen LogP contribution in [0.5, 0.6) is 11.5 Å². The van der Waals surface area contributed by atoms with Crippen molar-refractivity contribution in [2.45, 2.75) is 18.9 Å². The first-order valence-corrected chi connectivity index (χ1v) is 16.6. The highest BCUT2D eigenvalue weighted by atomic mass is 28.3. The summed E-state index contributed by atoms with van der Waals surface area (Å²) in [5.41, 5.74) is 1.74. The standard InChI is InChI=1S/C37H34O4Si/c1-4-34-31-20-17-25-11-5-8-14-28(25)35(31)42(34,36-29-15-9-6-12-26(29)18-21-32(36)40-23-38-2)37-30-16-10-7-13-27(30)19-22-33(37)41-24-39-3/h5-22,34H,4,23-24H2,1-3H3. The zero-order valence-corrected chi connectivity index (χ0v) is 25.2. The summed E-state index contributed by atoms with van der Waals surface area (Å²) in [5, 5.41) is 11.4. The molecule has 0 fully saturated rings. The van der Waals surface area contributed by atoms with Crippen molar-refractivity contribution < 1.29 is 18.9 Å². The molecule has 1 atom stereocenters.